The van der Waals surface area contributed by atoms with Crippen molar-refractivity contribution in [1.29, 1.82) is 0 Å². The number of esters is 2. The standard InChI is InChI=1S/C26H32O5/c1-4-6-7-8-10-20-11-13-22(14-12-20)26(29)31-23-17-15-21(16-18-23)25(28)19(3)30-24(27)9-5-2/h11-19H,4-10H2,1-3H3. The predicted molar refractivity (Wildman–Crippen MR) is 120 cm³/mol. The van der Waals surface area contributed by atoms with E-state index < -0.39 is 12.1 Å². The van der Waals surface area contributed by atoms with E-state index in [0.717, 1.165) is 12.8 Å². The number of ether oxygens (including phenoxy) is 2. The van der Waals surface area contributed by atoms with Crippen molar-refractivity contribution in [2.45, 2.75) is 71.8 Å². The molecule has 2 rings (SSSR count). The summed E-state index contributed by atoms with van der Waals surface area (Å²) in [6.07, 6.45) is 5.94. The summed E-state index contributed by atoms with van der Waals surface area (Å²) in [5, 5.41) is 0. The second-order valence-corrected chi connectivity index (χ2v) is 7.67. The Bertz CT molecular complexity index is 852. The first-order valence-electron chi connectivity index (χ1n) is 11.1. The molecule has 0 aliphatic rings. The Kier molecular flexibility index (Phi) is 9.95. The van der Waals surface area contributed by atoms with E-state index in [1.807, 2.05) is 19.1 Å². The molecule has 2 aromatic carbocycles. The largest absolute Gasteiger partial charge is 0.454 e. The molecule has 0 fully saturated rings. The molecule has 0 radical (unpaired) electrons. The molecular weight excluding hydrogens is 392 g/mol. The van der Waals surface area contributed by atoms with Gasteiger partial charge in [0.15, 0.2) is 6.10 Å². The summed E-state index contributed by atoms with van der Waals surface area (Å²) >= 11 is 0. The van der Waals surface area contributed by atoms with Gasteiger partial charge in [-0.2, -0.15) is 0 Å². The minimum absolute atomic E-state index is 0.284. The molecule has 0 saturated carbocycles. The Hall–Kier alpha value is -2.95. The maximum Gasteiger partial charge on any atom is 0.343 e. The monoisotopic (exact) mass is 424 g/mol. The first kappa shape index (κ1) is 24.3. The van der Waals surface area contributed by atoms with E-state index in [1.54, 1.807) is 43.3 Å². The lowest BCUT2D eigenvalue weighted by atomic mass is 10.0. The summed E-state index contributed by atoms with van der Waals surface area (Å²) in [6, 6.07) is 13.7. The number of benzene rings is 2. The lowest BCUT2D eigenvalue weighted by molar-refractivity contribution is -0.146. The molecule has 0 aromatic heterocycles. The summed E-state index contributed by atoms with van der Waals surface area (Å²) in [7, 11) is 0. The number of hydrogen-bond acceptors (Lipinski definition) is 5. The van der Waals surface area contributed by atoms with Crippen LogP contribution in [0, 0.1) is 0 Å². The summed E-state index contributed by atoms with van der Waals surface area (Å²) in [4.78, 5) is 36.4. The quantitative estimate of drug-likeness (QED) is 0.182. The second-order valence-electron chi connectivity index (χ2n) is 7.67. The maximum absolute atomic E-state index is 12.4. The highest BCUT2D eigenvalue weighted by atomic mass is 16.5. The Morgan fingerprint density at radius 3 is 2.06 bits per heavy atom. The van der Waals surface area contributed by atoms with Gasteiger partial charge >= 0.3 is 11.9 Å². The summed E-state index contributed by atoms with van der Waals surface area (Å²) < 4.78 is 10.5. The molecule has 0 aliphatic heterocycles. The van der Waals surface area contributed by atoms with Crippen LogP contribution in [0.1, 0.15) is 85.6 Å². The molecule has 0 aliphatic carbocycles. The third-order valence-electron chi connectivity index (χ3n) is 4.99. The first-order valence-corrected chi connectivity index (χ1v) is 11.1. The molecule has 31 heavy (non-hydrogen) atoms. The highest BCUT2D eigenvalue weighted by Crippen LogP contribution is 2.17. The van der Waals surface area contributed by atoms with Gasteiger partial charge in [0, 0.05) is 12.0 Å². The molecule has 0 spiro atoms. The van der Waals surface area contributed by atoms with Crippen LogP contribution in [-0.2, 0) is 16.0 Å². The van der Waals surface area contributed by atoms with Crippen LogP contribution in [0.5, 0.6) is 5.75 Å². The first-order chi connectivity index (χ1) is 14.9. The number of carbonyl (C=O) groups excluding carboxylic acids is 3. The van der Waals surface area contributed by atoms with E-state index in [0.29, 0.717) is 23.3 Å². The van der Waals surface area contributed by atoms with Crippen LogP contribution in [0.15, 0.2) is 48.5 Å². The molecule has 1 unspecified atom stereocenters. The fraction of sp³-hybridized carbons (Fsp3) is 0.423. The number of carbonyl (C=O) groups is 3. The Labute approximate surface area is 184 Å². The molecule has 0 N–H and O–H groups in total. The van der Waals surface area contributed by atoms with E-state index in [1.165, 1.54) is 24.8 Å². The summed E-state index contributed by atoms with van der Waals surface area (Å²) in [5.41, 5.74) is 2.09. The lowest BCUT2D eigenvalue weighted by Crippen LogP contribution is -2.24. The zero-order valence-corrected chi connectivity index (χ0v) is 18.7. The van der Waals surface area contributed by atoms with Gasteiger partial charge in [0.25, 0.3) is 0 Å². The van der Waals surface area contributed by atoms with Gasteiger partial charge in [-0.25, -0.2) is 4.79 Å². The number of hydrogen-bond donors (Lipinski definition) is 0. The predicted octanol–water partition coefficient (Wildman–Crippen LogP) is 5.94. The van der Waals surface area contributed by atoms with Gasteiger partial charge in [-0.3, -0.25) is 9.59 Å². The van der Waals surface area contributed by atoms with E-state index in [4.69, 9.17) is 9.47 Å². The van der Waals surface area contributed by atoms with Crippen molar-refractivity contribution in [3.63, 3.8) is 0 Å². The van der Waals surface area contributed by atoms with Crippen LogP contribution >= 0.6 is 0 Å². The van der Waals surface area contributed by atoms with Crippen LogP contribution in [-0.4, -0.2) is 23.8 Å². The fourth-order valence-electron chi connectivity index (χ4n) is 3.17. The third kappa shape index (κ3) is 8.00. The van der Waals surface area contributed by atoms with Crippen molar-refractivity contribution < 1.29 is 23.9 Å². The fourth-order valence-corrected chi connectivity index (χ4v) is 3.17. The van der Waals surface area contributed by atoms with E-state index in [2.05, 4.69) is 6.92 Å². The number of ketones is 1. The molecule has 5 heteroatoms. The van der Waals surface area contributed by atoms with Crippen molar-refractivity contribution in [2.24, 2.45) is 0 Å². The summed E-state index contributed by atoms with van der Waals surface area (Å²) in [6.45, 7) is 5.62. The Balaban J connectivity index is 1.89. The molecule has 0 heterocycles. The smallest absolute Gasteiger partial charge is 0.343 e. The molecule has 1 atom stereocenters. The van der Waals surface area contributed by atoms with Crippen molar-refractivity contribution in [1.82, 2.24) is 0 Å². The molecular formula is C26H32O5. The van der Waals surface area contributed by atoms with Gasteiger partial charge in [-0.15, -0.1) is 0 Å². The van der Waals surface area contributed by atoms with Gasteiger partial charge in [-0.1, -0.05) is 45.2 Å². The summed E-state index contributed by atoms with van der Waals surface area (Å²) in [5.74, 6) is -0.781. The normalized spacial score (nSPS) is 11.6. The third-order valence-corrected chi connectivity index (χ3v) is 4.99. The Morgan fingerprint density at radius 2 is 1.45 bits per heavy atom. The topological polar surface area (TPSA) is 69.7 Å². The van der Waals surface area contributed by atoms with Gasteiger partial charge in [-0.05, 0) is 68.1 Å². The van der Waals surface area contributed by atoms with Crippen molar-refractivity contribution in [3.8, 4) is 5.75 Å². The second kappa shape index (κ2) is 12.7. The molecule has 0 saturated heterocycles. The van der Waals surface area contributed by atoms with Crippen LogP contribution in [0.4, 0.5) is 0 Å². The highest BCUT2D eigenvalue weighted by molar-refractivity contribution is 6.00. The lowest BCUT2D eigenvalue weighted by Gasteiger charge is -2.12. The molecule has 166 valence electrons. The van der Waals surface area contributed by atoms with Crippen LogP contribution in [0.3, 0.4) is 0 Å². The SMILES string of the molecule is CCCCCCc1ccc(C(=O)Oc2ccc(C(=O)C(C)OC(=O)CCC)cc2)cc1. The van der Waals surface area contributed by atoms with Crippen LogP contribution in [0.25, 0.3) is 0 Å². The molecule has 5 nitrogen and oxygen atoms in total. The van der Waals surface area contributed by atoms with Crippen molar-refractivity contribution in [3.05, 3.63) is 65.2 Å². The minimum Gasteiger partial charge on any atom is -0.454 e. The highest BCUT2D eigenvalue weighted by Gasteiger charge is 2.19. The number of unbranched alkanes of at least 4 members (excludes halogenated alkanes) is 3. The zero-order valence-electron chi connectivity index (χ0n) is 18.7. The van der Waals surface area contributed by atoms with E-state index >= 15 is 0 Å². The van der Waals surface area contributed by atoms with Gasteiger partial charge in [0.1, 0.15) is 5.75 Å². The average molecular weight is 425 g/mol. The van der Waals surface area contributed by atoms with Crippen LogP contribution in [0.2, 0.25) is 0 Å². The number of Topliss-reactive ketones (excluding diaryl/α,β-unsaturated/α-hetero) is 1. The average Bonchev–Trinajstić information content (AvgIpc) is 2.77. The van der Waals surface area contributed by atoms with Crippen LogP contribution < -0.4 is 4.74 Å². The molecule has 0 bridgehead atoms. The van der Waals surface area contributed by atoms with Gasteiger partial charge < -0.3 is 9.47 Å². The van der Waals surface area contributed by atoms with Gasteiger partial charge in [0.05, 0.1) is 5.56 Å². The molecule has 0 amide bonds. The minimum atomic E-state index is -0.854. The molecule has 2 aromatic rings. The zero-order chi connectivity index (χ0) is 22.6. The van der Waals surface area contributed by atoms with Crippen molar-refractivity contribution in [2.75, 3.05) is 0 Å². The van der Waals surface area contributed by atoms with Crippen molar-refractivity contribution >= 4 is 17.7 Å². The maximum atomic E-state index is 12.4. The van der Waals surface area contributed by atoms with E-state index in [-0.39, 0.29) is 18.2 Å². The van der Waals surface area contributed by atoms with Gasteiger partial charge in [0.2, 0.25) is 5.78 Å². The van der Waals surface area contributed by atoms with E-state index in [9.17, 15) is 14.4 Å². The number of rotatable bonds is 12. The number of aryl methyl sites for hydroxylation is 1. The Morgan fingerprint density at radius 1 is 0.806 bits per heavy atom.